The molecule has 2 atom stereocenters. The van der Waals surface area contributed by atoms with Crippen LogP contribution in [0.5, 0.6) is 0 Å². The number of anilines is 1. The first-order valence-corrected chi connectivity index (χ1v) is 13.3. The highest BCUT2D eigenvalue weighted by Gasteiger charge is 2.27. The summed E-state index contributed by atoms with van der Waals surface area (Å²) in [5.41, 5.74) is 1.26. The predicted octanol–water partition coefficient (Wildman–Crippen LogP) is 0.737. The maximum absolute atomic E-state index is 12.7. The van der Waals surface area contributed by atoms with Gasteiger partial charge < -0.3 is 35.8 Å². The van der Waals surface area contributed by atoms with Gasteiger partial charge in [0.2, 0.25) is 23.6 Å². The number of rotatable bonds is 17. The zero-order valence-electron chi connectivity index (χ0n) is 21.0. The zero-order chi connectivity index (χ0) is 26.9. The van der Waals surface area contributed by atoms with Gasteiger partial charge in [0.05, 0.1) is 37.5 Å². The van der Waals surface area contributed by atoms with Gasteiger partial charge in [0, 0.05) is 18.7 Å². The van der Waals surface area contributed by atoms with Gasteiger partial charge in [-0.15, -0.1) is 0 Å². The molecule has 0 aromatic heterocycles. The maximum atomic E-state index is 12.7. The van der Waals surface area contributed by atoms with E-state index in [0.717, 1.165) is 5.56 Å². The summed E-state index contributed by atoms with van der Waals surface area (Å²) >= 11 is 1.98. The van der Waals surface area contributed by atoms with E-state index in [1.165, 1.54) is 0 Å². The smallest absolute Gasteiger partial charge is 0.246 e. The number of alkyl halides is 1. The predicted molar refractivity (Wildman–Crippen MR) is 144 cm³/mol. The largest absolute Gasteiger partial charge is 0.392 e. The second-order valence-electron chi connectivity index (χ2n) is 8.32. The van der Waals surface area contributed by atoms with Crippen molar-refractivity contribution in [3.63, 3.8) is 0 Å². The van der Waals surface area contributed by atoms with Crippen molar-refractivity contribution in [3.8, 4) is 0 Å². The molecule has 0 fully saturated rings. The number of amides is 4. The summed E-state index contributed by atoms with van der Waals surface area (Å²) < 4.78 is 11.1. The fourth-order valence-electron chi connectivity index (χ4n) is 2.89. The number of aliphatic hydroxyl groups is 1. The van der Waals surface area contributed by atoms with Gasteiger partial charge in [-0.1, -0.05) is 48.6 Å². The Bertz CT molecular complexity index is 836. The van der Waals surface area contributed by atoms with Crippen LogP contribution in [0.1, 0.15) is 32.8 Å². The van der Waals surface area contributed by atoms with Crippen LogP contribution in [-0.2, 0) is 35.3 Å². The molecule has 0 saturated heterocycles. The zero-order valence-corrected chi connectivity index (χ0v) is 23.1. The molecule has 1 aromatic rings. The van der Waals surface area contributed by atoms with Crippen molar-refractivity contribution < 1.29 is 33.8 Å². The summed E-state index contributed by atoms with van der Waals surface area (Å²) in [6, 6.07) is 5.07. The summed E-state index contributed by atoms with van der Waals surface area (Å²) in [6.07, 6.45) is 0.0715. The Kier molecular flexibility index (Phi) is 15.9. The van der Waals surface area contributed by atoms with Crippen LogP contribution in [-0.4, -0.2) is 78.2 Å². The van der Waals surface area contributed by atoms with Crippen LogP contribution in [0.4, 0.5) is 5.69 Å². The van der Waals surface area contributed by atoms with Crippen molar-refractivity contribution in [2.75, 3.05) is 42.7 Å². The van der Waals surface area contributed by atoms with Crippen LogP contribution in [0.15, 0.2) is 24.3 Å². The first-order chi connectivity index (χ1) is 17.2. The molecule has 0 spiro atoms. The monoisotopic (exact) mass is 620 g/mol. The van der Waals surface area contributed by atoms with E-state index in [1.807, 2.05) is 22.6 Å². The van der Waals surface area contributed by atoms with Gasteiger partial charge in [0.1, 0.15) is 12.1 Å². The van der Waals surface area contributed by atoms with Gasteiger partial charge in [0.25, 0.3) is 0 Å². The van der Waals surface area contributed by atoms with Gasteiger partial charge in [-0.05, 0) is 30.5 Å². The lowest BCUT2D eigenvalue weighted by Crippen LogP contribution is -2.53. The Hall–Kier alpha value is -2.29. The van der Waals surface area contributed by atoms with Crippen LogP contribution in [0.25, 0.3) is 0 Å². The summed E-state index contributed by atoms with van der Waals surface area (Å²) in [7, 11) is 0. The highest BCUT2D eigenvalue weighted by atomic mass is 127. The number of hydrogen-bond acceptors (Lipinski definition) is 7. The third-order valence-electron chi connectivity index (χ3n) is 4.96. The molecule has 12 heteroatoms. The third-order valence-corrected chi connectivity index (χ3v) is 5.65. The van der Waals surface area contributed by atoms with E-state index in [0.29, 0.717) is 36.5 Å². The Morgan fingerprint density at radius 2 is 1.53 bits per heavy atom. The summed E-state index contributed by atoms with van der Waals surface area (Å²) in [5.74, 6) is -1.44. The molecule has 0 saturated carbocycles. The molecular formula is C24H37IN4O7. The second-order valence-corrected chi connectivity index (χ2v) is 9.08. The Balaban J connectivity index is 2.34. The van der Waals surface area contributed by atoms with Gasteiger partial charge in [-0.25, -0.2) is 0 Å². The number of nitrogens with one attached hydrogen (secondary N) is 4. The Morgan fingerprint density at radius 3 is 2.11 bits per heavy atom. The van der Waals surface area contributed by atoms with E-state index in [2.05, 4.69) is 21.3 Å². The van der Waals surface area contributed by atoms with Gasteiger partial charge in [0.15, 0.2) is 0 Å². The number of benzene rings is 1. The lowest BCUT2D eigenvalue weighted by atomic mass is 10.0. The molecule has 5 N–H and O–H groups in total. The fraction of sp³-hybridized carbons (Fsp3) is 0.583. The average molecular weight is 620 g/mol. The maximum Gasteiger partial charge on any atom is 0.246 e. The molecule has 11 nitrogen and oxygen atoms in total. The normalized spacial score (nSPS) is 12.5. The van der Waals surface area contributed by atoms with Crippen molar-refractivity contribution in [1.29, 1.82) is 0 Å². The summed E-state index contributed by atoms with van der Waals surface area (Å²) in [6.45, 7) is 6.68. The van der Waals surface area contributed by atoms with Crippen LogP contribution in [0.3, 0.4) is 0 Å². The van der Waals surface area contributed by atoms with Crippen LogP contribution < -0.4 is 21.3 Å². The number of aliphatic hydroxyl groups excluding tert-OH is 1. The van der Waals surface area contributed by atoms with E-state index in [9.17, 15) is 19.2 Å². The SMILES string of the molecule is CC(NC(=O)[C@@H](NC(=O)CCOCCOCCNC(=O)CI)C(C)C)C(=O)Nc1ccc(CO)cc1. The number of halogens is 1. The lowest BCUT2D eigenvalue weighted by molar-refractivity contribution is -0.132. The van der Waals surface area contributed by atoms with E-state index in [-0.39, 0.29) is 37.4 Å². The quantitative estimate of drug-likeness (QED) is 0.0978. The lowest BCUT2D eigenvalue weighted by Gasteiger charge is -2.24. The standard InChI is InChI=1S/C24H37IN4O7/c1-16(2)22(29-20(31)8-10-35-12-13-36-11-9-26-21(32)14-25)24(34)27-17(3)23(33)28-19-6-4-18(15-30)5-7-19/h4-7,16-17,22,30H,8-15H2,1-3H3,(H,26,32)(H,27,34)(H,28,33)(H,29,31)/t17?,22-/m0/s1. The molecule has 202 valence electrons. The van der Waals surface area contributed by atoms with Crippen molar-refractivity contribution in [2.24, 2.45) is 5.92 Å². The van der Waals surface area contributed by atoms with Crippen LogP contribution in [0, 0.1) is 5.92 Å². The van der Waals surface area contributed by atoms with E-state index >= 15 is 0 Å². The third kappa shape index (κ3) is 13.1. The van der Waals surface area contributed by atoms with Crippen molar-refractivity contribution in [2.45, 2.75) is 45.9 Å². The minimum absolute atomic E-state index is 0.0438. The highest BCUT2D eigenvalue weighted by Crippen LogP contribution is 2.10. The average Bonchev–Trinajstić information content (AvgIpc) is 2.86. The van der Waals surface area contributed by atoms with Gasteiger partial charge in [-0.3, -0.25) is 19.2 Å². The molecular weight excluding hydrogens is 583 g/mol. The van der Waals surface area contributed by atoms with Crippen LogP contribution in [0.2, 0.25) is 0 Å². The van der Waals surface area contributed by atoms with E-state index in [4.69, 9.17) is 14.6 Å². The van der Waals surface area contributed by atoms with Crippen molar-refractivity contribution in [3.05, 3.63) is 29.8 Å². The number of ether oxygens (including phenoxy) is 2. The molecule has 0 aliphatic carbocycles. The summed E-state index contributed by atoms with van der Waals surface area (Å²) in [5, 5.41) is 19.8. The van der Waals surface area contributed by atoms with Gasteiger partial charge >= 0.3 is 0 Å². The molecule has 1 unspecified atom stereocenters. The van der Waals surface area contributed by atoms with Crippen LogP contribution >= 0.6 is 22.6 Å². The Labute approximate surface area is 225 Å². The van der Waals surface area contributed by atoms with Gasteiger partial charge in [-0.2, -0.15) is 0 Å². The second kappa shape index (κ2) is 18.0. The molecule has 0 heterocycles. The number of carbonyl (C=O) groups excluding carboxylic acids is 4. The minimum Gasteiger partial charge on any atom is -0.392 e. The van der Waals surface area contributed by atoms with E-state index < -0.39 is 23.9 Å². The number of carbonyl (C=O) groups is 4. The highest BCUT2D eigenvalue weighted by molar-refractivity contribution is 14.1. The van der Waals surface area contributed by atoms with Crippen molar-refractivity contribution in [1.82, 2.24) is 16.0 Å². The minimum atomic E-state index is -0.827. The van der Waals surface area contributed by atoms with Crippen molar-refractivity contribution >= 4 is 51.9 Å². The molecule has 1 aromatic carbocycles. The molecule has 4 amide bonds. The van der Waals surface area contributed by atoms with E-state index in [1.54, 1.807) is 45.0 Å². The first kappa shape index (κ1) is 31.7. The number of hydrogen-bond donors (Lipinski definition) is 5. The molecule has 0 aliphatic rings. The Morgan fingerprint density at radius 1 is 0.889 bits per heavy atom. The molecule has 0 radical (unpaired) electrons. The molecule has 0 aliphatic heterocycles. The summed E-state index contributed by atoms with van der Waals surface area (Å²) in [4.78, 5) is 48.6. The molecule has 0 bridgehead atoms. The molecule has 36 heavy (non-hydrogen) atoms. The fourth-order valence-corrected chi connectivity index (χ4v) is 3.16. The first-order valence-electron chi connectivity index (χ1n) is 11.8. The molecule has 1 rings (SSSR count). The topological polar surface area (TPSA) is 155 Å².